The molecule has 3 rings (SSSR count). The summed E-state index contributed by atoms with van der Waals surface area (Å²) in [7, 11) is 0. The maximum absolute atomic E-state index is 12.8. The first-order valence-electron chi connectivity index (χ1n) is 8.96. The fourth-order valence-electron chi connectivity index (χ4n) is 3.98. The third-order valence-electron chi connectivity index (χ3n) is 4.97. The minimum atomic E-state index is -1.06. The zero-order valence-corrected chi connectivity index (χ0v) is 14.6. The molecule has 0 aliphatic carbocycles. The van der Waals surface area contributed by atoms with Crippen LogP contribution in [-0.4, -0.2) is 65.2 Å². The molecule has 24 heavy (non-hydrogen) atoms. The quantitative estimate of drug-likeness (QED) is 0.914. The van der Waals surface area contributed by atoms with E-state index >= 15 is 0 Å². The van der Waals surface area contributed by atoms with Crippen molar-refractivity contribution in [3.05, 3.63) is 35.9 Å². The summed E-state index contributed by atoms with van der Waals surface area (Å²) in [5.74, 6) is -0.168. The van der Waals surface area contributed by atoms with Crippen LogP contribution in [0.1, 0.15) is 38.4 Å². The largest absolute Gasteiger partial charge is 0.378 e. The number of likely N-dealkylation sites (tertiary alicyclic amines) is 1. The summed E-state index contributed by atoms with van der Waals surface area (Å²) < 4.78 is 5.79. The second-order valence-electron chi connectivity index (χ2n) is 7.12. The van der Waals surface area contributed by atoms with Crippen molar-refractivity contribution in [3.8, 4) is 0 Å². The van der Waals surface area contributed by atoms with Gasteiger partial charge in [-0.25, -0.2) is 0 Å². The normalized spacial score (nSPS) is 29.6. The van der Waals surface area contributed by atoms with E-state index in [1.165, 1.54) is 0 Å². The molecule has 0 spiro atoms. The van der Waals surface area contributed by atoms with Gasteiger partial charge in [0.05, 0.1) is 12.2 Å². The Morgan fingerprint density at radius 3 is 2.58 bits per heavy atom. The summed E-state index contributed by atoms with van der Waals surface area (Å²) in [5.41, 5.74) is 0.668. The van der Waals surface area contributed by atoms with E-state index in [0.717, 1.165) is 39.0 Å². The van der Waals surface area contributed by atoms with Gasteiger partial charge in [0.15, 0.2) is 6.10 Å². The maximum Gasteiger partial charge on any atom is 0.256 e. The maximum atomic E-state index is 12.8. The standard InChI is InChI=1S/C19H28N2O3/c1-14-11-20(12-15(2)24-14)13-17-9-6-10-21(17)19(23)18(22)16-7-4-3-5-8-16/h3-5,7-8,14-15,17-18,22H,6,9-13H2,1-2H3. The fourth-order valence-corrected chi connectivity index (χ4v) is 3.98. The average molecular weight is 332 g/mol. The smallest absolute Gasteiger partial charge is 0.256 e. The molecule has 1 amide bonds. The first kappa shape index (κ1) is 17.4. The number of ether oxygens (including phenoxy) is 1. The van der Waals surface area contributed by atoms with Crippen molar-refractivity contribution in [1.29, 1.82) is 0 Å². The summed E-state index contributed by atoms with van der Waals surface area (Å²) in [5, 5.41) is 10.4. The molecule has 2 saturated heterocycles. The van der Waals surface area contributed by atoms with E-state index in [2.05, 4.69) is 18.7 Å². The summed E-state index contributed by atoms with van der Waals surface area (Å²) >= 11 is 0. The van der Waals surface area contributed by atoms with Crippen LogP contribution in [0.5, 0.6) is 0 Å². The van der Waals surface area contributed by atoms with Gasteiger partial charge < -0.3 is 14.7 Å². The summed E-state index contributed by atoms with van der Waals surface area (Å²) in [6.07, 6.45) is 1.42. The van der Waals surface area contributed by atoms with Crippen LogP contribution >= 0.6 is 0 Å². The molecule has 2 aliphatic heterocycles. The topological polar surface area (TPSA) is 53.0 Å². The Labute approximate surface area is 144 Å². The summed E-state index contributed by atoms with van der Waals surface area (Å²) in [6.45, 7) is 7.61. The second kappa shape index (κ2) is 7.64. The summed E-state index contributed by atoms with van der Waals surface area (Å²) in [6, 6.07) is 9.39. The van der Waals surface area contributed by atoms with Gasteiger partial charge in [-0.3, -0.25) is 9.69 Å². The van der Waals surface area contributed by atoms with Crippen LogP contribution in [-0.2, 0) is 9.53 Å². The van der Waals surface area contributed by atoms with Crippen molar-refractivity contribution in [3.63, 3.8) is 0 Å². The van der Waals surface area contributed by atoms with E-state index in [0.29, 0.717) is 5.56 Å². The van der Waals surface area contributed by atoms with Gasteiger partial charge >= 0.3 is 0 Å². The Bertz CT molecular complexity index is 541. The molecule has 2 fully saturated rings. The molecule has 132 valence electrons. The Morgan fingerprint density at radius 1 is 1.25 bits per heavy atom. The number of hydrogen-bond donors (Lipinski definition) is 1. The molecule has 5 nitrogen and oxygen atoms in total. The van der Waals surface area contributed by atoms with Crippen molar-refractivity contribution in [2.24, 2.45) is 0 Å². The Hall–Kier alpha value is -1.43. The number of aliphatic hydroxyl groups excluding tert-OH is 1. The van der Waals surface area contributed by atoms with Gasteiger partial charge in [-0.2, -0.15) is 0 Å². The Kier molecular flexibility index (Phi) is 5.54. The molecule has 2 heterocycles. The van der Waals surface area contributed by atoms with E-state index in [9.17, 15) is 9.90 Å². The highest BCUT2D eigenvalue weighted by Crippen LogP contribution is 2.25. The number of amides is 1. The highest BCUT2D eigenvalue weighted by molar-refractivity contribution is 5.82. The predicted molar refractivity (Wildman–Crippen MR) is 92.6 cm³/mol. The SMILES string of the molecule is CC1CN(CC2CCCN2C(=O)C(O)c2ccccc2)CC(C)O1. The number of benzene rings is 1. The molecule has 1 N–H and O–H groups in total. The first-order valence-corrected chi connectivity index (χ1v) is 8.96. The molecule has 0 aromatic heterocycles. The van der Waals surface area contributed by atoms with Crippen LogP contribution in [0.25, 0.3) is 0 Å². The molecule has 0 saturated carbocycles. The molecule has 1 aromatic carbocycles. The van der Waals surface area contributed by atoms with Crippen LogP contribution in [0.2, 0.25) is 0 Å². The zero-order chi connectivity index (χ0) is 17.1. The fraction of sp³-hybridized carbons (Fsp3) is 0.632. The average Bonchev–Trinajstić information content (AvgIpc) is 3.01. The van der Waals surface area contributed by atoms with Gasteiger partial charge in [-0.15, -0.1) is 0 Å². The van der Waals surface area contributed by atoms with Crippen molar-refractivity contribution in [1.82, 2.24) is 9.80 Å². The van der Waals surface area contributed by atoms with Crippen LogP contribution in [0.3, 0.4) is 0 Å². The molecule has 0 radical (unpaired) electrons. The van der Waals surface area contributed by atoms with Crippen LogP contribution in [0, 0.1) is 0 Å². The third kappa shape index (κ3) is 3.97. The Morgan fingerprint density at radius 2 is 1.92 bits per heavy atom. The number of hydrogen-bond acceptors (Lipinski definition) is 4. The lowest BCUT2D eigenvalue weighted by Crippen LogP contribution is -2.51. The lowest BCUT2D eigenvalue weighted by molar-refractivity contribution is -0.142. The van der Waals surface area contributed by atoms with Crippen molar-refractivity contribution >= 4 is 5.91 Å². The number of carbonyl (C=O) groups is 1. The van der Waals surface area contributed by atoms with E-state index in [4.69, 9.17) is 4.74 Å². The van der Waals surface area contributed by atoms with Crippen molar-refractivity contribution in [2.75, 3.05) is 26.2 Å². The second-order valence-corrected chi connectivity index (χ2v) is 7.12. The molecule has 0 bridgehead atoms. The van der Waals surface area contributed by atoms with E-state index < -0.39 is 6.10 Å². The van der Waals surface area contributed by atoms with Gasteiger partial charge in [0.2, 0.25) is 0 Å². The minimum Gasteiger partial charge on any atom is -0.378 e. The lowest BCUT2D eigenvalue weighted by atomic mass is 10.1. The molecular formula is C19H28N2O3. The molecule has 1 aromatic rings. The predicted octanol–water partition coefficient (Wildman–Crippen LogP) is 1.82. The van der Waals surface area contributed by atoms with E-state index in [1.807, 2.05) is 23.1 Å². The molecule has 4 atom stereocenters. The molecule has 5 heteroatoms. The number of morpholine rings is 1. The number of carbonyl (C=O) groups excluding carboxylic acids is 1. The molecule has 2 aliphatic rings. The highest BCUT2D eigenvalue weighted by Gasteiger charge is 2.35. The summed E-state index contributed by atoms with van der Waals surface area (Å²) in [4.78, 5) is 17.0. The molecule has 4 unspecified atom stereocenters. The Balaban J connectivity index is 1.63. The van der Waals surface area contributed by atoms with Crippen molar-refractivity contribution < 1.29 is 14.6 Å². The van der Waals surface area contributed by atoms with Crippen molar-refractivity contribution in [2.45, 2.75) is 51.0 Å². The van der Waals surface area contributed by atoms with Gasteiger partial charge in [0, 0.05) is 32.2 Å². The number of rotatable bonds is 4. The monoisotopic (exact) mass is 332 g/mol. The first-order chi connectivity index (χ1) is 11.5. The number of nitrogens with zero attached hydrogens (tertiary/aromatic N) is 2. The van der Waals surface area contributed by atoms with E-state index in [-0.39, 0.29) is 24.2 Å². The lowest BCUT2D eigenvalue weighted by Gasteiger charge is -2.38. The molecular weight excluding hydrogens is 304 g/mol. The van der Waals surface area contributed by atoms with Crippen LogP contribution in [0.15, 0.2) is 30.3 Å². The van der Waals surface area contributed by atoms with Crippen LogP contribution < -0.4 is 0 Å². The third-order valence-corrected chi connectivity index (χ3v) is 4.97. The van der Waals surface area contributed by atoms with Gasteiger partial charge in [-0.05, 0) is 32.3 Å². The minimum absolute atomic E-state index is 0.168. The highest BCUT2D eigenvalue weighted by atomic mass is 16.5. The zero-order valence-electron chi connectivity index (χ0n) is 14.6. The van der Waals surface area contributed by atoms with Gasteiger partial charge in [0.1, 0.15) is 0 Å². The number of aliphatic hydroxyl groups is 1. The van der Waals surface area contributed by atoms with Gasteiger partial charge in [-0.1, -0.05) is 30.3 Å². The van der Waals surface area contributed by atoms with E-state index in [1.54, 1.807) is 12.1 Å². The van der Waals surface area contributed by atoms with Gasteiger partial charge in [0.25, 0.3) is 5.91 Å². The van der Waals surface area contributed by atoms with Crippen LogP contribution in [0.4, 0.5) is 0 Å².